The summed E-state index contributed by atoms with van der Waals surface area (Å²) in [5, 5.41) is 19.6. The van der Waals surface area contributed by atoms with E-state index >= 15 is 0 Å². The molecule has 0 aromatic heterocycles. The Balaban J connectivity index is 1.94. The molecule has 0 aromatic rings. The average Bonchev–Trinajstić information content (AvgIpc) is 2.98. The summed E-state index contributed by atoms with van der Waals surface area (Å²) in [4.78, 5) is 11.3. The minimum absolute atomic E-state index is 0.000924. The summed E-state index contributed by atoms with van der Waals surface area (Å²) in [5.74, 6) is 0.0189. The van der Waals surface area contributed by atoms with Crippen molar-refractivity contribution >= 4 is 6.41 Å². The van der Waals surface area contributed by atoms with E-state index < -0.39 is 5.60 Å². The number of hydrogen-bond acceptors (Lipinski definition) is 3. The Morgan fingerprint density at radius 1 is 1.26 bits per heavy atom. The number of carbonyl (C=O) groups excluding carboxylic acids is 1. The molecule has 0 bridgehead atoms. The van der Waals surface area contributed by atoms with Crippen LogP contribution in [0.1, 0.15) is 73.1 Å². The number of rotatable bonds is 5. The topological polar surface area (TPSA) is 72.7 Å². The molecule has 2 aliphatic carbocycles. The molecule has 2 fully saturated rings. The van der Waals surface area contributed by atoms with Gasteiger partial charge in [0.1, 0.15) is 0 Å². The lowest BCUT2D eigenvalue weighted by molar-refractivity contribution is -0.184. The van der Waals surface area contributed by atoms with E-state index in [1.165, 1.54) is 5.57 Å². The molecule has 2 N–H and O–H groups in total. The van der Waals surface area contributed by atoms with Crippen molar-refractivity contribution in [2.45, 2.75) is 102 Å². The number of ether oxygens (including phenoxy) is 1. The van der Waals surface area contributed by atoms with Crippen LogP contribution >= 0.6 is 0 Å². The number of nitrogens with one attached hydrogen (secondary N) is 1. The Morgan fingerprint density at radius 2 is 1.96 bits per heavy atom. The van der Waals surface area contributed by atoms with Gasteiger partial charge in [-0.15, -0.1) is 5.54 Å². The lowest BCUT2D eigenvalue weighted by Crippen LogP contribution is -2.67. The summed E-state index contributed by atoms with van der Waals surface area (Å²) in [7, 11) is 1.85. The minimum Gasteiger partial charge on any atom is -0.658 e. The highest BCUT2D eigenvalue weighted by Gasteiger charge is 2.61. The Bertz CT molecular complexity index is 619. The van der Waals surface area contributed by atoms with Crippen molar-refractivity contribution in [3.05, 3.63) is 17.0 Å². The highest BCUT2D eigenvalue weighted by molar-refractivity contribution is 5.48. The molecule has 154 valence electrons. The predicted octanol–water partition coefficient (Wildman–Crippen LogP) is 3.71. The molecule has 0 unspecified atom stereocenters. The van der Waals surface area contributed by atoms with Gasteiger partial charge in [-0.2, -0.15) is 7.05 Å². The zero-order valence-electron chi connectivity index (χ0n) is 17.8. The van der Waals surface area contributed by atoms with Gasteiger partial charge in [0.15, 0.2) is 0 Å². The van der Waals surface area contributed by atoms with Crippen LogP contribution in [0.4, 0.5) is 0 Å². The first kappa shape index (κ1) is 20.8. The minimum atomic E-state index is -0.956. The van der Waals surface area contributed by atoms with Crippen molar-refractivity contribution in [1.82, 2.24) is 5.32 Å². The fourth-order valence-corrected chi connectivity index (χ4v) is 6.05. The third-order valence-corrected chi connectivity index (χ3v) is 7.95. The monoisotopic (exact) mass is 377 g/mol. The van der Waals surface area contributed by atoms with E-state index in [0.29, 0.717) is 0 Å². The maximum atomic E-state index is 12.0. The summed E-state index contributed by atoms with van der Waals surface area (Å²) in [5.41, 5.74) is -0.702. The number of nitrogens with zero attached hydrogens (tertiary/aromatic N) is 1. The second-order valence-corrected chi connectivity index (χ2v) is 10.1. The molecule has 6 atom stereocenters. The van der Waals surface area contributed by atoms with Crippen molar-refractivity contribution in [1.29, 1.82) is 0 Å². The van der Waals surface area contributed by atoms with Crippen LogP contribution in [-0.2, 0) is 9.53 Å². The van der Waals surface area contributed by atoms with E-state index in [-0.39, 0.29) is 34.6 Å². The molecule has 1 saturated carbocycles. The van der Waals surface area contributed by atoms with Crippen LogP contribution in [0.2, 0.25) is 0 Å². The summed E-state index contributed by atoms with van der Waals surface area (Å²) < 4.78 is 6.65. The Kier molecular flexibility index (Phi) is 5.28. The third kappa shape index (κ3) is 3.36. The molecular formula is C22H37N2O3-. The van der Waals surface area contributed by atoms with Crippen molar-refractivity contribution < 1.29 is 14.6 Å². The van der Waals surface area contributed by atoms with Gasteiger partial charge in [-0.05, 0) is 59.3 Å². The van der Waals surface area contributed by atoms with Gasteiger partial charge >= 0.3 is 0 Å². The zero-order chi connectivity index (χ0) is 20.1. The fraction of sp³-hybridized carbons (Fsp3) is 0.864. The molecule has 1 aliphatic heterocycles. The number of fused-ring (bicyclic) bond motifs is 1. The van der Waals surface area contributed by atoms with Gasteiger partial charge in [0.05, 0.1) is 11.2 Å². The van der Waals surface area contributed by atoms with Crippen LogP contribution in [-0.4, -0.2) is 46.9 Å². The zero-order valence-corrected chi connectivity index (χ0v) is 17.8. The lowest BCUT2D eigenvalue weighted by Gasteiger charge is -2.59. The first-order valence-electron chi connectivity index (χ1n) is 10.4. The number of aliphatic hydroxyl groups is 1. The summed E-state index contributed by atoms with van der Waals surface area (Å²) in [6.45, 7) is 10.6. The second-order valence-electron chi connectivity index (χ2n) is 10.1. The second kappa shape index (κ2) is 6.85. The van der Waals surface area contributed by atoms with Crippen LogP contribution in [0, 0.1) is 11.8 Å². The molecule has 1 amide bonds. The molecule has 0 radical (unpaired) electrons. The average molecular weight is 378 g/mol. The Labute approximate surface area is 164 Å². The van der Waals surface area contributed by atoms with Gasteiger partial charge in [0, 0.05) is 23.5 Å². The van der Waals surface area contributed by atoms with Gasteiger partial charge in [0.2, 0.25) is 6.41 Å². The smallest absolute Gasteiger partial charge is 0.207 e. The molecular weight excluding hydrogens is 340 g/mol. The van der Waals surface area contributed by atoms with Crippen LogP contribution in [0.5, 0.6) is 0 Å². The van der Waals surface area contributed by atoms with Crippen LogP contribution < -0.4 is 5.32 Å². The van der Waals surface area contributed by atoms with E-state index in [9.17, 15) is 9.90 Å². The van der Waals surface area contributed by atoms with Gasteiger partial charge in [0.25, 0.3) is 0 Å². The summed E-state index contributed by atoms with van der Waals surface area (Å²) in [6, 6.07) is 0. The number of carbonyl (C=O) groups is 1. The van der Waals surface area contributed by atoms with Gasteiger partial charge in [-0.1, -0.05) is 25.5 Å². The summed E-state index contributed by atoms with van der Waals surface area (Å²) >= 11 is 0. The maximum Gasteiger partial charge on any atom is 0.207 e. The van der Waals surface area contributed by atoms with Gasteiger partial charge in [-0.25, -0.2) is 0 Å². The van der Waals surface area contributed by atoms with Crippen molar-refractivity contribution in [3.63, 3.8) is 0 Å². The van der Waals surface area contributed by atoms with Crippen molar-refractivity contribution in [2.75, 3.05) is 7.05 Å². The SMILES string of the molecule is C[N-]C(C)(C)[C@@H]1CC[C@](C)([C@H]2CC[C@](C)(NC=O)[C@@H]3CCC(C)=C[C@@]32O)O1. The van der Waals surface area contributed by atoms with Gasteiger partial charge < -0.3 is 20.5 Å². The van der Waals surface area contributed by atoms with Gasteiger partial charge in [-0.3, -0.25) is 4.79 Å². The van der Waals surface area contributed by atoms with Crippen LogP contribution in [0.25, 0.3) is 5.32 Å². The standard InChI is InChI=1S/C22H37N2O3/c1-15-7-8-16-20(4,24-14-25)11-9-17(22(16,26)13-15)21(5)12-10-18(27-21)19(2,3)23-6/h13-14,16-18,26H,7-12H2,1-6H3,(H,24,25)/q-1/t16-,17+,18-,20-,21+,22+/m0/s1. The highest BCUT2D eigenvalue weighted by atomic mass is 16.5. The number of amides is 1. The van der Waals surface area contributed by atoms with E-state index in [1.807, 2.05) is 7.05 Å². The third-order valence-electron chi connectivity index (χ3n) is 7.95. The Morgan fingerprint density at radius 3 is 2.59 bits per heavy atom. The number of allylic oxidation sites excluding steroid dienone is 1. The molecule has 0 aromatic carbocycles. The molecule has 5 heteroatoms. The Hall–Kier alpha value is -0.910. The molecule has 0 spiro atoms. The summed E-state index contributed by atoms with van der Waals surface area (Å²) in [6.07, 6.45) is 8.40. The fourth-order valence-electron chi connectivity index (χ4n) is 6.05. The van der Waals surface area contributed by atoms with E-state index in [2.05, 4.69) is 51.3 Å². The number of likely N-dealkylation sites (N-methyl/N-ethyl adjacent to an activating group) is 1. The molecule has 1 heterocycles. The highest BCUT2D eigenvalue weighted by Crippen LogP contribution is 2.56. The first-order valence-corrected chi connectivity index (χ1v) is 10.4. The van der Waals surface area contributed by atoms with E-state index in [1.54, 1.807) is 0 Å². The normalized spacial score (nSPS) is 45.1. The quantitative estimate of drug-likeness (QED) is 0.567. The lowest BCUT2D eigenvalue weighted by atomic mass is 9.53. The molecule has 1 saturated heterocycles. The van der Waals surface area contributed by atoms with Crippen LogP contribution in [0.15, 0.2) is 11.6 Å². The maximum absolute atomic E-state index is 12.0. The van der Waals surface area contributed by atoms with E-state index in [0.717, 1.165) is 44.9 Å². The molecule has 3 aliphatic rings. The molecule has 27 heavy (non-hydrogen) atoms. The van der Waals surface area contributed by atoms with E-state index in [4.69, 9.17) is 4.74 Å². The van der Waals surface area contributed by atoms with Crippen molar-refractivity contribution in [2.24, 2.45) is 11.8 Å². The number of hydrogen-bond donors (Lipinski definition) is 2. The largest absolute Gasteiger partial charge is 0.658 e. The van der Waals surface area contributed by atoms with Crippen molar-refractivity contribution in [3.8, 4) is 0 Å². The predicted molar refractivity (Wildman–Crippen MR) is 108 cm³/mol. The van der Waals surface area contributed by atoms with Crippen LogP contribution in [0.3, 0.4) is 0 Å². The molecule has 5 nitrogen and oxygen atoms in total. The first-order chi connectivity index (χ1) is 12.5. The molecule has 3 rings (SSSR count).